The lowest BCUT2D eigenvalue weighted by Crippen LogP contribution is -2.38. The van der Waals surface area contributed by atoms with Crippen molar-refractivity contribution < 1.29 is 19.4 Å². The summed E-state index contributed by atoms with van der Waals surface area (Å²) in [7, 11) is 0. The van der Waals surface area contributed by atoms with Crippen molar-refractivity contribution in [3.8, 4) is 5.75 Å². The van der Waals surface area contributed by atoms with E-state index >= 15 is 0 Å². The number of halogens is 1. The Labute approximate surface area is 133 Å². The first-order valence-corrected chi connectivity index (χ1v) is 7.01. The van der Waals surface area contributed by atoms with Gasteiger partial charge < -0.3 is 9.84 Å². The number of carbonyl (C=O) groups excluding carboxylic acids is 1. The quantitative estimate of drug-likeness (QED) is 0.851. The molecule has 0 atom stereocenters. The molecule has 0 aliphatic heterocycles. The minimum atomic E-state index is -1.43. The third-order valence-electron chi connectivity index (χ3n) is 3.12. The molecule has 1 N–H and O–H groups in total. The summed E-state index contributed by atoms with van der Waals surface area (Å²) in [5.41, 5.74) is -0.677. The normalized spacial score (nSPS) is 11.0. The molecule has 0 unspecified atom stereocenters. The molecule has 0 saturated carbocycles. The first-order valence-electron chi connectivity index (χ1n) is 6.63. The number of hydrogen-bond acceptors (Lipinski definition) is 3. The Morgan fingerprint density at radius 3 is 2.23 bits per heavy atom. The molecule has 2 aromatic carbocycles. The van der Waals surface area contributed by atoms with Crippen molar-refractivity contribution in [2.75, 3.05) is 0 Å². The fourth-order valence-electron chi connectivity index (χ4n) is 1.82. The van der Waals surface area contributed by atoms with Gasteiger partial charge in [-0.15, -0.1) is 0 Å². The van der Waals surface area contributed by atoms with Gasteiger partial charge in [0.05, 0.1) is 5.56 Å². The van der Waals surface area contributed by atoms with Crippen LogP contribution in [0.1, 0.15) is 29.8 Å². The van der Waals surface area contributed by atoms with Gasteiger partial charge in [0.2, 0.25) is 0 Å². The Morgan fingerprint density at radius 2 is 1.64 bits per heavy atom. The largest absolute Gasteiger partial charge is 0.478 e. The molecule has 5 heteroatoms. The van der Waals surface area contributed by atoms with E-state index in [1.54, 1.807) is 48.5 Å². The average Bonchev–Trinajstić information content (AvgIpc) is 2.47. The van der Waals surface area contributed by atoms with Crippen molar-refractivity contribution in [1.29, 1.82) is 0 Å². The Balaban J connectivity index is 2.38. The van der Waals surface area contributed by atoms with Gasteiger partial charge >= 0.3 is 5.97 Å². The highest BCUT2D eigenvalue weighted by Crippen LogP contribution is 2.26. The molecular weight excluding hydrogens is 304 g/mol. The minimum absolute atomic E-state index is 0.231. The highest BCUT2D eigenvalue weighted by molar-refractivity contribution is 6.30. The van der Waals surface area contributed by atoms with Crippen molar-refractivity contribution in [1.82, 2.24) is 0 Å². The van der Waals surface area contributed by atoms with Gasteiger partial charge in [0.25, 0.3) is 0 Å². The van der Waals surface area contributed by atoms with Crippen molar-refractivity contribution in [2.24, 2.45) is 0 Å². The average molecular weight is 319 g/mol. The van der Waals surface area contributed by atoms with Gasteiger partial charge in [-0.1, -0.05) is 23.7 Å². The molecule has 0 aliphatic rings. The van der Waals surface area contributed by atoms with Crippen LogP contribution in [0.3, 0.4) is 0 Å². The van der Waals surface area contributed by atoms with Gasteiger partial charge in [-0.2, -0.15) is 0 Å². The second-order valence-corrected chi connectivity index (χ2v) is 5.69. The number of carboxylic acids is 1. The lowest BCUT2D eigenvalue weighted by atomic mass is 10.0. The molecule has 0 radical (unpaired) electrons. The van der Waals surface area contributed by atoms with Crippen LogP contribution in [-0.2, 0) is 4.79 Å². The third-order valence-corrected chi connectivity index (χ3v) is 3.37. The molecule has 0 saturated heterocycles. The summed E-state index contributed by atoms with van der Waals surface area (Å²) in [6.45, 7) is 2.86. The Bertz CT molecular complexity index is 705. The van der Waals surface area contributed by atoms with Crippen LogP contribution in [0.4, 0.5) is 0 Å². The minimum Gasteiger partial charge on any atom is -0.478 e. The number of benzene rings is 2. The molecule has 0 fully saturated rings. The van der Waals surface area contributed by atoms with E-state index in [0.29, 0.717) is 16.1 Å². The molecule has 114 valence electrons. The molecule has 0 aliphatic carbocycles. The maximum atomic E-state index is 12.6. The van der Waals surface area contributed by atoms with Crippen LogP contribution in [0.5, 0.6) is 5.75 Å². The number of aliphatic carboxylic acids is 1. The van der Waals surface area contributed by atoms with Crippen LogP contribution in [0.25, 0.3) is 0 Å². The van der Waals surface area contributed by atoms with E-state index in [4.69, 9.17) is 21.4 Å². The van der Waals surface area contributed by atoms with Crippen molar-refractivity contribution >= 4 is 23.4 Å². The SMILES string of the molecule is CC(C)(Oc1ccccc1C(=O)c1ccc(Cl)cc1)C(=O)O. The predicted octanol–water partition coefficient (Wildman–Crippen LogP) is 3.81. The topological polar surface area (TPSA) is 63.6 Å². The van der Waals surface area contributed by atoms with Crippen molar-refractivity contribution in [2.45, 2.75) is 19.4 Å². The van der Waals surface area contributed by atoms with Crippen LogP contribution < -0.4 is 4.74 Å². The van der Waals surface area contributed by atoms with Crippen molar-refractivity contribution in [3.05, 3.63) is 64.7 Å². The maximum Gasteiger partial charge on any atom is 0.347 e. The second kappa shape index (κ2) is 6.20. The lowest BCUT2D eigenvalue weighted by Gasteiger charge is -2.23. The number of carbonyl (C=O) groups is 2. The number of ketones is 1. The zero-order chi connectivity index (χ0) is 16.3. The molecule has 0 amide bonds. The van der Waals surface area contributed by atoms with Gasteiger partial charge in [0.1, 0.15) is 5.75 Å². The lowest BCUT2D eigenvalue weighted by molar-refractivity contribution is -0.152. The number of rotatable bonds is 5. The smallest absolute Gasteiger partial charge is 0.347 e. The number of ether oxygens (including phenoxy) is 1. The van der Waals surface area contributed by atoms with Crippen molar-refractivity contribution in [3.63, 3.8) is 0 Å². The first kappa shape index (κ1) is 16.0. The Morgan fingerprint density at radius 1 is 1.05 bits per heavy atom. The van der Waals surface area contributed by atoms with Crippen LogP contribution >= 0.6 is 11.6 Å². The number of hydrogen-bond donors (Lipinski definition) is 1. The zero-order valence-electron chi connectivity index (χ0n) is 12.2. The summed E-state index contributed by atoms with van der Waals surface area (Å²) in [5, 5.41) is 9.69. The van der Waals surface area contributed by atoms with E-state index < -0.39 is 11.6 Å². The summed E-state index contributed by atoms with van der Waals surface area (Å²) in [6, 6.07) is 13.0. The van der Waals surface area contributed by atoms with Gasteiger partial charge in [0.15, 0.2) is 11.4 Å². The molecule has 0 spiro atoms. The van der Waals surface area contributed by atoms with Gasteiger partial charge in [-0.05, 0) is 50.2 Å². The van der Waals surface area contributed by atoms with E-state index in [1.807, 2.05) is 0 Å². The molecule has 2 rings (SSSR count). The van der Waals surface area contributed by atoms with Gasteiger partial charge in [0, 0.05) is 10.6 Å². The fraction of sp³-hybridized carbons (Fsp3) is 0.176. The van der Waals surface area contributed by atoms with E-state index in [-0.39, 0.29) is 11.5 Å². The van der Waals surface area contributed by atoms with E-state index in [2.05, 4.69) is 0 Å². The molecular formula is C17H15ClO4. The standard InChI is InChI=1S/C17H15ClO4/c1-17(2,16(20)21)22-14-6-4-3-5-13(14)15(19)11-7-9-12(18)10-8-11/h3-10H,1-2H3,(H,20,21). The molecule has 0 aromatic heterocycles. The van der Waals surface area contributed by atoms with Crippen LogP contribution in [0.15, 0.2) is 48.5 Å². The number of para-hydroxylation sites is 1. The molecule has 22 heavy (non-hydrogen) atoms. The first-order chi connectivity index (χ1) is 10.3. The molecule has 4 nitrogen and oxygen atoms in total. The summed E-state index contributed by atoms with van der Waals surface area (Å²) in [6.07, 6.45) is 0. The number of carboxylic acid groups (broad SMARTS) is 1. The summed E-state index contributed by atoms with van der Waals surface area (Å²) < 4.78 is 5.51. The van der Waals surface area contributed by atoms with Gasteiger partial charge in [-0.3, -0.25) is 4.79 Å². The molecule has 2 aromatic rings. The summed E-state index contributed by atoms with van der Waals surface area (Å²) in [4.78, 5) is 23.8. The Kier molecular flexibility index (Phi) is 4.52. The Hall–Kier alpha value is -2.33. The highest BCUT2D eigenvalue weighted by atomic mass is 35.5. The maximum absolute atomic E-state index is 12.6. The van der Waals surface area contributed by atoms with E-state index in [1.165, 1.54) is 13.8 Å². The van der Waals surface area contributed by atoms with Crippen LogP contribution in [-0.4, -0.2) is 22.5 Å². The summed E-state index contributed by atoms with van der Waals surface area (Å²) >= 11 is 5.81. The predicted molar refractivity (Wildman–Crippen MR) is 83.7 cm³/mol. The fourth-order valence-corrected chi connectivity index (χ4v) is 1.94. The highest BCUT2D eigenvalue weighted by Gasteiger charge is 2.31. The van der Waals surface area contributed by atoms with Crippen LogP contribution in [0.2, 0.25) is 5.02 Å². The molecule has 0 heterocycles. The van der Waals surface area contributed by atoms with Crippen LogP contribution in [0, 0.1) is 0 Å². The second-order valence-electron chi connectivity index (χ2n) is 5.25. The summed E-state index contributed by atoms with van der Waals surface area (Å²) in [5.74, 6) is -1.13. The zero-order valence-corrected chi connectivity index (χ0v) is 12.9. The molecule has 0 bridgehead atoms. The van der Waals surface area contributed by atoms with Gasteiger partial charge in [-0.25, -0.2) is 4.79 Å². The monoisotopic (exact) mass is 318 g/mol. The third kappa shape index (κ3) is 3.46. The van der Waals surface area contributed by atoms with E-state index in [0.717, 1.165) is 0 Å². The van der Waals surface area contributed by atoms with E-state index in [9.17, 15) is 9.59 Å².